The van der Waals surface area contributed by atoms with Crippen molar-refractivity contribution in [3.63, 3.8) is 0 Å². The summed E-state index contributed by atoms with van der Waals surface area (Å²) in [6, 6.07) is 0. The van der Waals surface area contributed by atoms with Crippen LogP contribution in [-0.4, -0.2) is 134 Å². The van der Waals surface area contributed by atoms with Crippen molar-refractivity contribution in [1.82, 2.24) is 0 Å². The third kappa shape index (κ3) is 11.2. The first-order valence-electron chi connectivity index (χ1n) is 11.3. The number of carboxylic acid groups (broad SMARTS) is 3. The fourth-order valence-electron chi connectivity index (χ4n) is 3.97. The number of hydrogen-bond acceptors (Lipinski definition) is 17. The number of aliphatic hydroxyl groups excluding tert-OH is 7. The molecule has 0 aliphatic carbocycles. The van der Waals surface area contributed by atoms with Gasteiger partial charge in [0.25, 0.3) is 0 Å². The molecule has 0 aromatic rings. The van der Waals surface area contributed by atoms with Crippen molar-refractivity contribution in [1.29, 1.82) is 0 Å². The predicted molar refractivity (Wildman–Crippen MR) is 108 cm³/mol. The molecule has 218 valence electrons. The van der Waals surface area contributed by atoms with Crippen molar-refractivity contribution in [2.24, 2.45) is 0 Å². The van der Waals surface area contributed by atoms with E-state index in [-0.39, 0.29) is 95.1 Å². The smallest absolute Gasteiger partial charge is 0.545 e. The molecule has 2 rings (SSSR count). The van der Waals surface area contributed by atoms with Gasteiger partial charge in [0.15, 0.2) is 0 Å². The normalized spacial score (nSPS) is 34.8. The average molecular weight is 622 g/mol. The second-order valence-corrected chi connectivity index (χ2v) is 8.76. The molecule has 0 aromatic carbocycles. The summed E-state index contributed by atoms with van der Waals surface area (Å²) in [5.41, 5.74) is 0. The van der Waals surface area contributed by atoms with Gasteiger partial charge in [0.2, 0.25) is 11.6 Å². The molecule has 0 bridgehead atoms. The molecule has 0 radical (unpaired) electrons. The first-order chi connectivity index (χ1) is 17.7. The predicted octanol–water partition coefficient (Wildman–Crippen LogP) is -17.6. The van der Waals surface area contributed by atoms with Crippen LogP contribution in [0.1, 0.15) is 19.3 Å². The third-order valence-electron chi connectivity index (χ3n) is 6.00. The van der Waals surface area contributed by atoms with Gasteiger partial charge in [-0.1, -0.05) is 6.08 Å². The number of carboxylic acids is 3. The van der Waals surface area contributed by atoms with Gasteiger partial charge in [0.05, 0.1) is 38.0 Å². The summed E-state index contributed by atoms with van der Waals surface area (Å²) in [6.45, 7) is -2.60. The van der Waals surface area contributed by atoms with Crippen LogP contribution in [0.2, 0.25) is 0 Å². The van der Waals surface area contributed by atoms with Gasteiger partial charge < -0.3 is 84.4 Å². The Morgan fingerprint density at radius 1 is 0.829 bits per heavy atom. The SMILES string of the molecule is O=C([O-])/C=C/CCO[C@]1(C(=O)[O-])C[C@@H](O)[C@@H](O)[C@@H]([C@H](O)CO[C@]2(C(=O)[O-])C[C@@H](O)[C@@H](O)[C@@H]([C@H](O)CO)O2)O1.[Na+].[Na+].[Na+]. The van der Waals surface area contributed by atoms with E-state index in [1.54, 1.807) is 0 Å². The van der Waals surface area contributed by atoms with Gasteiger partial charge in [0, 0.05) is 12.8 Å². The van der Waals surface area contributed by atoms with Gasteiger partial charge in [-0.05, 0) is 12.5 Å². The van der Waals surface area contributed by atoms with E-state index < -0.39 is 111 Å². The first-order valence-corrected chi connectivity index (χ1v) is 11.3. The zero-order chi connectivity index (χ0) is 28.8. The largest absolute Gasteiger partial charge is 1.00 e. The quantitative estimate of drug-likeness (QED) is 0.0570. The van der Waals surface area contributed by atoms with Crippen molar-refractivity contribution >= 4 is 17.9 Å². The fraction of sp³-hybridized carbons (Fsp3) is 0.762. The molecular weight excluding hydrogens is 593 g/mol. The van der Waals surface area contributed by atoms with E-state index in [1.165, 1.54) is 0 Å². The van der Waals surface area contributed by atoms with Crippen LogP contribution >= 0.6 is 0 Å². The van der Waals surface area contributed by atoms with E-state index >= 15 is 0 Å². The summed E-state index contributed by atoms with van der Waals surface area (Å²) >= 11 is 0. The molecule has 7 N–H and O–H groups in total. The average Bonchev–Trinajstić information content (AvgIpc) is 2.85. The minimum absolute atomic E-state index is 0. The topological polar surface area (TPSA) is 299 Å². The van der Waals surface area contributed by atoms with Crippen LogP contribution in [0.15, 0.2) is 12.2 Å². The molecule has 10 atom stereocenters. The molecule has 41 heavy (non-hydrogen) atoms. The molecule has 2 saturated heterocycles. The van der Waals surface area contributed by atoms with Crippen LogP contribution in [0, 0.1) is 0 Å². The summed E-state index contributed by atoms with van der Waals surface area (Å²) in [5, 5.41) is 104. The van der Waals surface area contributed by atoms with Crippen molar-refractivity contribution in [2.45, 2.75) is 79.7 Å². The van der Waals surface area contributed by atoms with E-state index in [2.05, 4.69) is 0 Å². The van der Waals surface area contributed by atoms with Gasteiger partial charge in [-0.2, -0.15) is 0 Å². The monoisotopic (exact) mass is 622 g/mol. The molecule has 2 aliphatic heterocycles. The van der Waals surface area contributed by atoms with Crippen molar-refractivity contribution in [3.05, 3.63) is 12.2 Å². The molecule has 17 nitrogen and oxygen atoms in total. The summed E-state index contributed by atoms with van der Waals surface area (Å²) < 4.78 is 20.5. The van der Waals surface area contributed by atoms with E-state index in [0.717, 1.165) is 6.08 Å². The Balaban J connectivity index is 0. The Morgan fingerprint density at radius 3 is 1.68 bits per heavy atom. The standard InChI is InChI=1S/C21H32O17.3Na/c22-7-11(25)16-14(29)10(24)6-21(37-16,19(33)34)36-8-12(26)17-15(30)9(23)5-20(38-17,18(31)32)35-4-2-1-3-13(27)28;;;/h1,3,9-12,14-17,22-26,29-30H,2,4-8H2,(H,27,28)(H,31,32)(H,33,34);;;/q;3*+1/p-3/b3-1+;;;/t9-,10-,11-,12-,14-,15-,16-,17-,20-,21-;;;/m1.../s1. The molecule has 2 fully saturated rings. The van der Waals surface area contributed by atoms with Gasteiger partial charge in [-0.3, -0.25) is 0 Å². The number of aliphatic hydroxyl groups is 7. The number of rotatable bonds is 13. The minimum Gasteiger partial charge on any atom is -0.545 e. The Kier molecular flexibility index (Phi) is 20.6. The number of carbonyl (C=O) groups is 3. The number of hydrogen-bond donors (Lipinski definition) is 7. The molecule has 0 aromatic heterocycles. The molecule has 2 aliphatic rings. The van der Waals surface area contributed by atoms with Crippen LogP contribution in [0.25, 0.3) is 0 Å². The Labute approximate surface area is 299 Å². The second-order valence-electron chi connectivity index (χ2n) is 8.76. The van der Waals surface area contributed by atoms with E-state index in [4.69, 9.17) is 24.1 Å². The molecule has 0 unspecified atom stereocenters. The maximum atomic E-state index is 11.8. The van der Waals surface area contributed by atoms with Crippen LogP contribution in [0.3, 0.4) is 0 Å². The second kappa shape index (κ2) is 19.3. The van der Waals surface area contributed by atoms with Crippen molar-refractivity contribution in [2.75, 3.05) is 19.8 Å². The number of aliphatic carboxylic acids is 3. The van der Waals surface area contributed by atoms with Crippen LogP contribution in [0.4, 0.5) is 0 Å². The van der Waals surface area contributed by atoms with Crippen LogP contribution < -0.4 is 104 Å². The molecule has 0 amide bonds. The minimum atomic E-state index is -2.90. The van der Waals surface area contributed by atoms with Gasteiger partial charge in [0.1, 0.15) is 48.6 Å². The van der Waals surface area contributed by atoms with Gasteiger partial charge in [-0.15, -0.1) is 0 Å². The van der Waals surface area contributed by atoms with Crippen LogP contribution in [-0.2, 0) is 33.3 Å². The Morgan fingerprint density at radius 2 is 1.27 bits per heavy atom. The summed E-state index contributed by atoms with van der Waals surface area (Å²) in [7, 11) is 0. The zero-order valence-corrected chi connectivity index (χ0v) is 28.7. The van der Waals surface area contributed by atoms with Gasteiger partial charge >= 0.3 is 88.7 Å². The van der Waals surface area contributed by atoms with Crippen molar-refractivity contribution in [3.8, 4) is 0 Å². The van der Waals surface area contributed by atoms with Gasteiger partial charge in [-0.25, -0.2) is 0 Å². The van der Waals surface area contributed by atoms with E-state index in [0.29, 0.717) is 6.08 Å². The molecule has 20 heteroatoms. The van der Waals surface area contributed by atoms with E-state index in [1.807, 2.05) is 0 Å². The molecular formula is C21H29Na3O17. The fourth-order valence-corrected chi connectivity index (χ4v) is 3.97. The van der Waals surface area contributed by atoms with Crippen LogP contribution in [0.5, 0.6) is 0 Å². The summed E-state index contributed by atoms with van der Waals surface area (Å²) in [5.74, 6) is -11.3. The molecule has 0 saturated carbocycles. The number of ether oxygens (including phenoxy) is 4. The summed E-state index contributed by atoms with van der Waals surface area (Å²) in [4.78, 5) is 34.1. The molecule has 0 spiro atoms. The van der Waals surface area contributed by atoms with Crippen molar-refractivity contribution < 1.29 is 173 Å². The van der Waals surface area contributed by atoms with E-state index in [9.17, 15) is 60.3 Å². The maximum Gasteiger partial charge on any atom is 1.00 e. The Hall–Kier alpha value is 0.710. The molecule has 2 heterocycles. The maximum absolute atomic E-state index is 11.8. The third-order valence-corrected chi connectivity index (χ3v) is 6.00. The zero-order valence-electron chi connectivity index (χ0n) is 22.7. The first kappa shape index (κ1) is 43.8. The Bertz CT molecular complexity index is 880. The summed E-state index contributed by atoms with van der Waals surface area (Å²) in [6.07, 6.45) is -15.6. The number of carbonyl (C=O) groups excluding carboxylic acids is 3.